The predicted molar refractivity (Wildman–Crippen MR) is 119 cm³/mol. The molecule has 0 aliphatic rings. The molecule has 0 saturated heterocycles. The van der Waals surface area contributed by atoms with Crippen molar-refractivity contribution in [2.75, 3.05) is 13.7 Å². The third kappa shape index (κ3) is 4.48. The number of hydrogen-bond acceptors (Lipinski definition) is 8. The number of ether oxygens (including phenoxy) is 2. The maximum Gasteiger partial charge on any atom is 0.420 e. The second kappa shape index (κ2) is 9.25. The number of methoxy groups -OCH3 is 1. The molecular weight excluding hydrogens is 450 g/mol. The van der Waals surface area contributed by atoms with Crippen LogP contribution in [0.2, 0.25) is 0 Å². The molecule has 0 spiro atoms. The largest absolute Gasteiger partial charge is 0.468 e. The Labute approximate surface area is 190 Å². The number of fused-ring (bicyclic) bond motifs is 2. The Bertz CT molecular complexity index is 1510. The summed E-state index contributed by atoms with van der Waals surface area (Å²) in [5.41, 5.74) is 1.77. The minimum atomic E-state index is -0.669. The Kier molecular flexibility index (Phi) is 6.22. The van der Waals surface area contributed by atoms with E-state index in [2.05, 4.69) is 4.99 Å². The average molecular weight is 469 g/mol. The second-order valence-corrected chi connectivity index (χ2v) is 7.89. The molecule has 4 aromatic rings. The fraction of sp³-hybridized carbons (Fsp3) is 0.227. The van der Waals surface area contributed by atoms with Gasteiger partial charge in [-0.15, -0.1) is 0 Å². The van der Waals surface area contributed by atoms with Crippen molar-refractivity contribution in [3.05, 3.63) is 63.4 Å². The Morgan fingerprint density at radius 1 is 1.06 bits per heavy atom. The molecule has 4 rings (SSSR count). The highest BCUT2D eigenvalue weighted by atomic mass is 32.1. The smallest absolute Gasteiger partial charge is 0.420 e. The highest BCUT2D eigenvalue weighted by Gasteiger charge is 2.16. The summed E-state index contributed by atoms with van der Waals surface area (Å²) in [7, 11) is 1.26. The van der Waals surface area contributed by atoms with E-state index in [4.69, 9.17) is 13.9 Å². The Morgan fingerprint density at radius 3 is 2.61 bits per heavy atom. The normalized spacial score (nSPS) is 11.8. The van der Waals surface area contributed by atoms with Crippen LogP contribution < -0.4 is 10.6 Å². The van der Waals surface area contributed by atoms with Crippen LogP contribution in [0, 0.1) is 0 Å². The molecular formula is C22H19N3O7S. The molecule has 0 bridgehead atoms. The molecule has 33 heavy (non-hydrogen) atoms. The van der Waals surface area contributed by atoms with Gasteiger partial charge in [0.25, 0.3) is 5.91 Å². The van der Waals surface area contributed by atoms with Crippen molar-refractivity contribution in [2.45, 2.75) is 20.0 Å². The van der Waals surface area contributed by atoms with Crippen LogP contribution >= 0.6 is 11.3 Å². The second-order valence-electron chi connectivity index (χ2n) is 6.88. The third-order valence-electron chi connectivity index (χ3n) is 4.80. The van der Waals surface area contributed by atoms with Crippen LogP contribution in [0.3, 0.4) is 0 Å². The van der Waals surface area contributed by atoms with E-state index in [1.165, 1.54) is 16.2 Å². The molecule has 0 aliphatic carbocycles. The molecule has 2 aromatic carbocycles. The standard InChI is InChI=1S/C22H19N3O7S/c1-3-31-20(28)13-8-9-15-17(10-13)33-21(24(15)12-19(27)30-2)23-18(26)11-25-14-6-4-5-7-16(14)32-22(25)29/h4-10H,3,11-12H2,1-2H3. The first kappa shape index (κ1) is 22.2. The molecule has 1 amide bonds. The van der Waals surface area contributed by atoms with Gasteiger partial charge in [0.1, 0.15) is 13.1 Å². The molecule has 0 radical (unpaired) electrons. The molecule has 0 unspecified atom stereocenters. The number of carbonyl (C=O) groups excluding carboxylic acids is 3. The number of carbonyl (C=O) groups is 3. The first-order valence-corrected chi connectivity index (χ1v) is 10.8. The third-order valence-corrected chi connectivity index (χ3v) is 5.84. The van der Waals surface area contributed by atoms with Crippen molar-refractivity contribution < 1.29 is 28.3 Å². The minimum Gasteiger partial charge on any atom is -0.468 e. The number of aromatic nitrogens is 2. The molecule has 0 atom stereocenters. The zero-order valence-electron chi connectivity index (χ0n) is 17.8. The Hall–Kier alpha value is -3.99. The first-order valence-electron chi connectivity index (χ1n) is 9.94. The summed E-state index contributed by atoms with van der Waals surface area (Å²) < 4.78 is 18.3. The van der Waals surface area contributed by atoms with Crippen LogP contribution in [0.5, 0.6) is 0 Å². The molecule has 0 aliphatic heterocycles. The van der Waals surface area contributed by atoms with E-state index in [1.54, 1.807) is 49.4 Å². The number of hydrogen-bond donors (Lipinski definition) is 0. The van der Waals surface area contributed by atoms with E-state index >= 15 is 0 Å². The van der Waals surface area contributed by atoms with E-state index in [9.17, 15) is 19.2 Å². The quantitative estimate of drug-likeness (QED) is 0.396. The lowest BCUT2D eigenvalue weighted by Gasteiger charge is -2.05. The summed E-state index contributed by atoms with van der Waals surface area (Å²) in [5.74, 6) is -2.29. The summed E-state index contributed by atoms with van der Waals surface area (Å²) in [6.07, 6.45) is 0. The number of oxazole rings is 1. The van der Waals surface area contributed by atoms with Gasteiger partial charge in [-0.1, -0.05) is 23.5 Å². The maximum absolute atomic E-state index is 12.8. The van der Waals surface area contributed by atoms with Crippen molar-refractivity contribution in [3.63, 3.8) is 0 Å². The van der Waals surface area contributed by atoms with E-state index in [-0.39, 0.29) is 24.5 Å². The fourth-order valence-corrected chi connectivity index (χ4v) is 4.37. The molecule has 10 nitrogen and oxygen atoms in total. The number of esters is 2. The summed E-state index contributed by atoms with van der Waals surface area (Å²) in [4.78, 5) is 53.3. The monoisotopic (exact) mass is 469 g/mol. The van der Waals surface area contributed by atoms with Crippen molar-refractivity contribution in [2.24, 2.45) is 4.99 Å². The molecule has 0 N–H and O–H groups in total. The van der Waals surface area contributed by atoms with Crippen molar-refractivity contribution >= 4 is 50.5 Å². The maximum atomic E-state index is 12.8. The lowest BCUT2D eigenvalue weighted by atomic mass is 10.2. The topological polar surface area (TPSA) is 122 Å². The van der Waals surface area contributed by atoms with Crippen molar-refractivity contribution in [3.8, 4) is 0 Å². The van der Waals surface area contributed by atoms with Crippen LogP contribution in [0.4, 0.5) is 0 Å². The highest BCUT2D eigenvalue weighted by Crippen LogP contribution is 2.20. The van der Waals surface area contributed by atoms with Crippen LogP contribution in [0.25, 0.3) is 21.3 Å². The van der Waals surface area contributed by atoms with Crippen molar-refractivity contribution in [1.29, 1.82) is 0 Å². The lowest BCUT2D eigenvalue weighted by molar-refractivity contribution is -0.141. The molecule has 0 saturated carbocycles. The van der Waals surface area contributed by atoms with Gasteiger partial charge in [-0.25, -0.2) is 9.59 Å². The lowest BCUT2D eigenvalue weighted by Crippen LogP contribution is -2.24. The number of benzene rings is 2. The van der Waals surface area contributed by atoms with E-state index in [0.717, 1.165) is 11.3 Å². The van der Waals surface area contributed by atoms with Gasteiger partial charge in [0.2, 0.25) is 0 Å². The average Bonchev–Trinajstić information content (AvgIpc) is 3.30. The van der Waals surface area contributed by atoms with Gasteiger partial charge < -0.3 is 18.5 Å². The van der Waals surface area contributed by atoms with Crippen LogP contribution in [0.1, 0.15) is 17.3 Å². The fourth-order valence-electron chi connectivity index (χ4n) is 3.29. The van der Waals surface area contributed by atoms with E-state index < -0.39 is 23.6 Å². The van der Waals surface area contributed by atoms with Gasteiger partial charge >= 0.3 is 17.7 Å². The first-order chi connectivity index (χ1) is 15.9. The summed E-state index contributed by atoms with van der Waals surface area (Å²) in [5, 5.41) is 0. The number of para-hydroxylation sites is 2. The van der Waals surface area contributed by atoms with Gasteiger partial charge in [-0.3, -0.25) is 14.2 Å². The molecule has 0 fully saturated rings. The number of amides is 1. The summed E-state index contributed by atoms with van der Waals surface area (Å²) >= 11 is 1.12. The summed E-state index contributed by atoms with van der Waals surface area (Å²) in [6, 6.07) is 11.6. The predicted octanol–water partition coefficient (Wildman–Crippen LogP) is 2.09. The Morgan fingerprint density at radius 2 is 1.85 bits per heavy atom. The van der Waals surface area contributed by atoms with Crippen LogP contribution in [-0.4, -0.2) is 40.7 Å². The molecule has 2 aromatic heterocycles. The summed E-state index contributed by atoms with van der Waals surface area (Å²) in [6.45, 7) is 1.43. The van der Waals surface area contributed by atoms with Gasteiger partial charge in [-0.2, -0.15) is 4.99 Å². The number of nitrogens with zero attached hydrogens (tertiary/aromatic N) is 3. The van der Waals surface area contributed by atoms with E-state index in [0.29, 0.717) is 26.9 Å². The molecule has 2 heterocycles. The highest BCUT2D eigenvalue weighted by molar-refractivity contribution is 7.16. The van der Waals surface area contributed by atoms with Crippen molar-refractivity contribution in [1.82, 2.24) is 9.13 Å². The minimum absolute atomic E-state index is 0.185. The zero-order valence-corrected chi connectivity index (χ0v) is 18.6. The van der Waals surface area contributed by atoms with Crippen LogP contribution in [0.15, 0.2) is 56.7 Å². The van der Waals surface area contributed by atoms with Gasteiger partial charge in [-0.05, 0) is 37.3 Å². The van der Waals surface area contributed by atoms with Gasteiger partial charge in [0.15, 0.2) is 10.4 Å². The van der Waals surface area contributed by atoms with Crippen LogP contribution in [-0.2, 0) is 32.2 Å². The van der Waals surface area contributed by atoms with E-state index in [1.807, 2.05) is 0 Å². The zero-order chi connectivity index (χ0) is 23.5. The number of rotatable bonds is 6. The number of thiazole rings is 1. The van der Waals surface area contributed by atoms with Gasteiger partial charge in [0, 0.05) is 0 Å². The Balaban J connectivity index is 1.76. The SMILES string of the molecule is CCOC(=O)c1ccc2c(c1)sc(=NC(=O)Cn1c(=O)oc3ccccc31)n2CC(=O)OC. The molecule has 170 valence electrons. The van der Waals surface area contributed by atoms with Gasteiger partial charge in [0.05, 0.1) is 35.0 Å². The molecule has 11 heteroatoms.